The standard InChI is InChI=1S/C21H28N2O3/c1-11(2)25-20-10-16-18(9-17(20)21(22)24)23-7-6-19(16)26-12(3)8-15-13(4)14(15)5/h6-7,9-15H,8H2,1-5H3,(H2,22,24)/t12-,13?,14?,15?/m1/s1. The van der Waals surface area contributed by atoms with Crippen LogP contribution in [-0.2, 0) is 0 Å². The average Bonchev–Trinajstić information content (AvgIpc) is 3.12. The molecule has 3 rings (SSSR count). The number of hydrogen-bond donors (Lipinski definition) is 1. The third kappa shape index (κ3) is 3.76. The Bertz CT molecular complexity index is 810. The van der Waals surface area contributed by atoms with E-state index >= 15 is 0 Å². The van der Waals surface area contributed by atoms with Crippen molar-refractivity contribution in [1.29, 1.82) is 0 Å². The smallest absolute Gasteiger partial charge is 0.252 e. The number of fused-ring (bicyclic) bond motifs is 1. The Hall–Kier alpha value is -2.30. The molecule has 2 aromatic rings. The maximum absolute atomic E-state index is 11.8. The second kappa shape index (κ2) is 7.14. The molecule has 1 aromatic carbocycles. The molecule has 140 valence electrons. The number of carbonyl (C=O) groups is 1. The maximum atomic E-state index is 11.8. The number of carbonyl (C=O) groups excluding carboxylic acids is 1. The van der Waals surface area contributed by atoms with Crippen LogP contribution in [0.5, 0.6) is 11.5 Å². The highest BCUT2D eigenvalue weighted by Gasteiger charge is 2.43. The molecule has 5 nitrogen and oxygen atoms in total. The number of nitrogens with two attached hydrogens (primary N) is 1. The molecule has 1 saturated carbocycles. The van der Waals surface area contributed by atoms with Gasteiger partial charge in [-0.1, -0.05) is 13.8 Å². The minimum atomic E-state index is -0.527. The van der Waals surface area contributed by atoms with E-state index < -0.39 is 5.91 Å². The van der Waals surface area contributed by atoms with Gasteiger partial charge in [0.15, 0.2) is 0 Å². The summed E-state index contributed by atoms with van der Waals surface area (Å²) in [5.74, 6) is 2.99. The van der Waals surface area contributed by atoms with Crippen molar-refractivity contribution >= 4 is 16.8 Å². The fourth-order valence-electron chi connectivity index (χ4n) is 3.64. The molecule has 26 heavy (non-hydrogen) atoms. The molecule has 0 spiro atoms. The Labute approximate surface area is 154 Å². The van der Waals surface area contributed by atoms with Crippen molar-refractivity contribution in [1.82, 2.24) is 4.98 Å². The van der Waals surface area contributed by atoms with E-state index in [0.29, 0.717) is 16.8 Å². The molecule has 3 atom stereocenters. The molecular formula is C21H28N2O3. The summed E-state index contributed by atoms with van der Waals surface area (Å²) in [6.07, 6.45) is 2.79. The highest BCUT2D eigenvalue weighted by atomic mass is 16.5. The van der Waals surface area contributed by atoms with Gasteiger partial charge in [0.05, 0.1) is 23.3 Å². The molecular weight excluding hydrogens is 328 g/mol. The van der Waals surface area contributed by atoms with Crippen LogP contribution in [0.3, 0.4) is 0 Å². The average molecular weight is 356 g/mol. The number of rotatable bonds is 7. The number of nitrogens with zero attached hydrogens (tertiary/aromatic N) is 1. The Morgan fingerprint density at radius 1 is 1.15 bits per heavy atom. The van der Waals surface area contributed by atoms with Crippen molar-refractivity contribution < 1.29 is 14.3 Å². The van der Waals surface area contributed by atoms with E-state index in [4.69, 9.17) is 15.2 Å². The molecule has 0 saturated heterocycles. The van der Waals surface area contributed by atoms with Crippen LogP contribution in [0.4, 0.5) is 0 Å². The summed E-state index contributed by atoms with van der Waals surface area (Å²) in [4.78, 5) is 16.1. The van der Waals surface area contributed by atoms with Crippen molar-refractivity contribution in [3.63, 3.8) is 0 Å². The van der Waals surface area contributed by atoms with E-state index in [2.05, 4.69) is 25.8 Å². The first-order valence-electron chi connectivity index (χ1n) is 9.33. The van der Waals surface area contributed by atoms with Gasteiger partial charge in [-0.25, -0.2) is 0 Å². The quantitative estimate of drug-likeness (QED) is 0.807. The monoisotopic (exact) mass is 356 g/mol. The lowest BCUT2D eigenvalue weighted by Crippen LogP contribution is -2.16. The first-order chi connectivity index (χ1) is 12.3. The third-order valence-electron chi connectivity index (χ3n) is 5.40. The number of primary amides is 1. The van der Waals surface area contributed by atoms with Gasteiger partial charge in [0.2, 0.25) is 0 Å². The zero-order valence-electron chi connectivity index (χ0n) is 16.2. The highest BCUT2D eigenvalue weighted by Crippen LogP contribution is 2.48. The van der Waals surface area contributed by atoms with Gasteiger partial charge in [0.25, 0.3) is 5.91 Å². The number of aromatic nitrogens is 1. The number of amides is 1. The summed E-state index contributed by atoms with van der Waals surface area (Å²) < 4.78 is 12.0. The molecule has 5 heteroatoms. The van der Waals surface area contributed by atoms with E-state index in [1.54, 1.807) is 12.3 Å². The summed E-state index contributed by atoms with van der Waals surface area (Å²) in [5, 5.41) is 0.830. The van der Waals surface area contributed by atoms with Crippen molar-refractivity contribution in [2.75, 3.05) is 0 Å². The Morgan fingerprint density at radius 2 is 1.85 bits per heavy atom. The van der Waals surface area contributed by atoms with Gasteiger partial charge >= 0.3 is 0 Å². The minimum absolute atomic E-state index is 0.0663. The summed E-state index contributed by atoms with van der Waals surface area (Å²) in [6.45, 7) is 10.5. The first-order valence-corrected chi connectivity index (χ1v) is 9.33. The summed E-state index contributed by atoms with van der Waals surface area (Å²) >= 11 is 0. The lowest BCUT2D eigenvalue weighted by atomic mass is 10.1. The number of benzene rings is 1. The van der Waals surface area contributed by atoms with E-state index in [9.17, 15) is 4.79 Å². The van der Waals surface area contributed by atoms with Crippen LogP contribution in [0.2, 0.25) is 0 Å². The predicted octanol–water partition coefficient (Wildman–Crippen LogP) is 4.18. The van der Waals surface area contributed by atoms with Crippen LogP contribution in [0.1, 0.15) is 51.4 Å². The number of pyridine rings is 1. The van der Waals surface area contributed by atoms with Crippen LogP contribution < -0.4 is 15.2 Å². The highest BCUT2D eigenvalue weighted by molar-refractivity contribution is 6.01. The summed E-state index contributed by atoms with van der Waals surface area (Å²) in [5.41, 5.74) is 6.52. The zero-order valence-corrected chi connectivity index (χ0v) is 16.2. The van der Waals surface area contributed by atoms with E-state index in [1.807, 2.05) is 26.0 Å². The molecule has 1 fully saturated rings. The second-order valence-electron chi connectivity index (χ2n) is 7.75. The maximum Gasteiger partial charge on any atom is 0.252 e. The van der Waals surface area contributed by atoms with Gasteiger partial charge in [0.1, 0.15) is 11.5 Å². The predicted molar refractivity (Wildman–Crippen MR) is 103 cm³/mol. The number of ether oxygens (including phenoxy) is 2. The van der Waals surface area contributed by atoms with E-state index in [0.717, 1.165) is 35.3 Å². The topological polar surface area (TPSA) is 74.4 Å². The van der Waals surface area contributed by atoms with Crippen LogP contribution >= 0.6 is 0 Å². The summed E-state index contributed by atoms with van der Waals surface area (Å²) in [6, 6.07) is 5.35. The normalized spacial score (nSPS) is 23.1. The third-order valence-corrected chi connectivity index (χ3v) is 5.40. The molecule has 1 heterocycles. The summed E-state index contributed by atoms with van der Waals surface area (Å²) in [7, 11) is 0. The molecule has 1 aromatic heterocycles. The molecule has 1 aliphatic rings. The van der Waals surface area contributed by atoms with Crippen molar-refractivity contribution in [2.24, 2.45) is 23.5 Å². The van der Waals surface area contributed by atoms with Crippen molar-refractivity contribution in [2.45, 2.75) is 53.2 Å². The van der Waals surface area contributed by atoms with Crippen LogP contribution in [0, 0.1) is 17.8 Å². The van der Waals surface area contributed by atoms with Crippen molar-refractivity contribution in [3.05, 3.63) is 30.0 Å². The van der Waals surface area contributed by atoms with E-state index in [-0.39, 0.29) is 12.2 Å². The minimum Gasteiger partial charge on any atom is -0.490 e. The van der Waals surface area contributed by atoms with Gasteiger partial charge in [-0.15, -0.1) is 0 Å². The Kier molecular flexibility index (Phi) is 5.08. The van der Waals surface area contributed by atoms with Gasteiger partial charge in [0, 0.05) is 11.6 Å². The Balaban J connectivity index is 1.91. The molecule has 0 radical (unpaired) electrons. The molecule has 0 aliphatic heterocycles. The van der Waals surface area contributed by atoms with Crippen LogP contribution in [0.25, 0.3) is 10.9 Å². The van der Waals surface area contributed by atoms with E-state index in [1.165, 1.54) is 0 Å². The molecule has 2 N–H and O–H groups in total. The molecule has 0 bridgehead atoms. The van der Waals surface area contributed by atoms with Gasteiger partial charge in [-0.2, -0.15) is 0 Å². The lowest BCUT2D eigenvalue weighted by Gasteiger charge is -2.18. The van der Waals surface area contributed by atoms with Crippen molar-refractivity contribution in [3.8, 4) is 11.5 Å². The fourth-order valence-corrected chi connectivity index (χ4v) is 3.64. The number of hydrogen-bond acceptors (Lipinski definition) is 4. The molecule has 1 amide bonds. The Morgan fingerprint density at radius 3 is 2.42 bits per heavy atom. The molecule has 1 aliphatic carbocycles. The fraction of sp³-hybridized carbons (Fsp3) is 0.524. The first kappa shape index (κ1) is 18.5. The van der Waals surface area contributed by atoms with Gasteiger partial charge in [-0.3, -0.25) is 9.78 Å². The second-order valence-corrected chi connectivity index (χ2v) is 7.75. The van der Waals surface area contributed by atoms with Crippen LogP contribution in [-0.4, -0.2) is 23.1 Å². The molecule has 2 unspecified atom stereocenters. The van der Waals surface area contributed by atoms with Crippen LogP contribution in [0.15, 0.2) is 24.4 Å². The largest absolute Gasteiger partial charge is 0.490 e. The SMILES string of the molecule is CC(C)Oc1cc2c(O[C@H](C)CC3C(C)C3C)ccnc2cc1C(N)=O. The van der Waals surface area contributed by atoms with Gasteiger partial charge in [-0.05, 0) is 63.1 Å². The lowest BCUT2D eigenvalue weighted by molar-refractivity contribution is 0.0994. The van der Waals surface area contributed by atoms with Gasteiger partial charge < -0.3 is 15.2 Å². The zero-order chi connectivity index (χ0) is 19.0.